The summed E-state index contributed by atoms with van der Waals surface area (Å²) in [6, 6.07) is 9.66. The molecule has 4 amide bonds. The van der Waals surface area contributed by atoms with Gasteiger partial charge in [-0.15, -0.1) is 0 Å². The van der Waals surface area contributed by atoms with Crippen molar-refractivity contribution in [2.45, 2.75) is 87.4 Å². The molecule has 14 heteroatoms. The van der Waals surface area contributed by atoms with Crippen molar-refractivity contribution >= 4 is 29.2 Å². The molecule has 4 saturated carbocycles. The smallest absolute Gasteiger partial charge is 0.407 e. The van der Waals surface area contributed by atoms with Gasteiger partial charge in [-0.05, 0) is 88.5 Å². The van der Waals surface area contributed by atoms with Crippen molar-refractivity contribution in [1.29, 1.82) is 5.26 Å². The van der Waals surface area contributed by atoms with Gasteiger partial charge in [0.1, 0.15) is 6.07 Å². The predicted molar refractivity (Wildman–Crippen MR) is 180 cm³/mol. The molecule has 1 aliphatic heterocycles. The van der Waals surface area contributed by atoms with E-state index in [1.54, 1.807) is 21.7 Å². The molecule has 5 fully saturated rings. The van der Waals surface area contributed by atoms with Crippen LogP contribution in [0.4, 0.5) is 15.3 Å². The number of carbonyl (C=O) groups is 3. The van der Waals surface area contributed by atoms with Gasteiger partial charge in [0.05, 0.1) is 60.2 Å². The molecular weight excluding hydrogens is 626 g/mol. The van der Waals surface area contributed by atoms with Gasteiger partial charge in [-0.3, -0.25) is 9.78 Å². The topological polar surface area (TPSA) is 175 Å². The molecular formula is C35H43N9O5. The number of urea groups is 1. The van der Waals surface area contributed by atoms with Crippen molar-refractivity contribution in [2.24, 2.45) is 0 Å². The second-order valence-electron chi connectivity index (χ2n) is 13.9. The number of nitrogens with zero attached hydrogens (tertiary/aromatic N) is 5. The lowest BCUT2D eigenvalue weighted by atomic mass is 9.61. The molecule has 4 aliphatic carbocycles. The number of ether oxygens (including phenoxy) is 2. The number of rotatable bonds is 7. The van der Waals surface area contributed by atoms with Crippen molar-refractivity contribution < 1.29 is 23.9 Å². The van der Waals surface area contributed by atoms with E-state index in [1.165, 1.54) is 13.3 Å². The molecule has 4 heterocycles. The summed E-state index contributed by atoms with van der Waals surface area (Å²) >= 11 is 0. The highest BCUT2D eigenvalue weighted by molar-refractivity contribution is 6.00. The third-order valence-corrected chi connectivity index (χ3v) is 10.9. The van der Waals surface area contributed by atoms with E-state index in [0.717, 1.165) is 75.4 Å². The molecule has 0 radical (unpaired) electrons. The Morgan fingerprint density at radius 2 is 1.61 bits per heavy atom. The number of anilines is 1. The van der Waals surface area contributed by atoms with Gasteiger partial charge < -0.3 is 35.6 Å². The largest absolute Gasteiger partial charge is 0.453 e. The number of nitriles is 1. The summed E-state index contributed by atoms with van der Waals surface area (Å²) in [5, 5.41) is 27.1. The van der Waals surface area contributed by atoms with Crippen LogP contribution in [0, 0.1) is 11.3 Å². The van der Waals surface area contributed by atoms with Gasteiger partial charge in [0.25, 0.3) is 5.91 Å². The number of aromatic nitrogens is 3. The number of morpholine rings is 1. The number of hydrogen-bond acceptors (Lipinski definition) is 9. The number of nitrogens with one attached hydrogen (secondary N) is 4. The summed E-state index contributed by atoms with van der Waals surface area (Å²) in [4.78, 5) is 45.2. The van der Waals surface area contributed by atoms with Crippen molar-refractivity contribution in [3.05, 3.63) is 47.8 Å². The summed E-state index contributed by atoms with van der Waals surface area (Å²) in [5.41, 5.74) is 3.32. The summed E-state index contributed by atoms with van der Waals surface area (Å²) in [6.45, 7) is 2.34. The van der Waals surface area contributed by atoms with E-state index >= 15 is 0 Å². The van der Waals surface area contributed by atoms with Gasteiger partial charge in [0.2, 0.25) is 0 Å². The molecule has 8 rings (SSSR count). The first kappa shape index (κ1) is 32.6. The highest BCUT2D eigenvalue weighted by Gasteiger charge is 2.50. The van der Waals surface area contributed by atoms with Crippen LogP contribution in [0.3, 0.4) is 0 Å². The maximum Gasteiger partial charge on any atom is 0.407 e. The summed E-state index contributed by atoms with van der Waals surface area (Å²) in [5.74, 6) is -0.191. The van der Waals surface area contributed by atoms with Gasteiger partial charge >= 0.3 is 12.1 Å². The Hall–Kier alpha value is -4.90. The van der Waals surface area contributed by atoms with E-state index in [-0.39, 0.29) is 35.1 Å². The molecule has 0 aromatic carbocycles. The molecule has 4 N–H and O–H groups in total. The normalized spacial score (nSPS) is 26.4. The molecule has 0 atom stereocenters. The molecule has 3 aromatic rings. The maximum absolute atomic E-state index is 13.9. The fraction of sp³-hybridized carbons (Fsp3) is 0.543. The number of fused-ring (bicyclic) bond motifs is 4. The number of amides is 4. The molecule has 258 valence electrons. The van der Waals surface area contributed by atoms with Crippen LogP contribution < -0.4 is 21.3 Å². The molecule has 5 aliphatic rings. The predicted octanol–water partition coefficient (Wildman–Crippen LogP) is 3.96. The molecule has 0 spiro atoms. The highest BCUT2D eigenvalue weighted by atomic mass is 16.5. The molecule has 1 saturated heterocycles. The van der Waals surface area contributed by atoms with Gasteiger partial charge in [0, 0.05) is 42.4 Å². The van der Waals surface area contributed by atoms with Crippen LogP contribution in [0.1, 0.15) is 80.1 Å². The van der Waals surface area contributed by atoms with E-state index in [0.29, 0.717) is 48.8 Å². The number of carbonyl (C=O) groups excluding carboxylic acids is 3. The van der Waals surface area contributed by atoms with E-state index < -0.39 is 6.09 Å². The van der Waals surface area contributed by atoms with Crippen LogP contribution in [0.5, 0.6) is 0 Å². The third-order valence-electron chi connectivity index (χ3n) is 10.9. The minimum Gasteiger partial charge on any atom is -0.453 e. The first-order valence-corrected chi connectivity index (χ1v) is 17.2. The van der Waals surface area contributed by atoms with E-state index in [9.17, 15) is 19.6 Å². The van der Waals surface area contributed by atoms with Crippen LogP contribution in [-0.2, 0) is 9.47 Å². The zero-order valence-corrected chi connectivity index (χ0v) is 27.8. The fourth-order valence-corrected chi connectivity index (χ4v) is 7.93. The summed E-state index contributed by atoms with van der Waals surface area (Å²) < 4.78 is 12.0. The lowest BCUT2D eigenvalue weighted by molar-refractivity contribution is 0.0520. The first-order chi connectivity index (χ1) is 23.8. The zero-order valence-electron chi connectivity index (χ0n) is 27.8. The van der Waals surface area contributed by atoms with Gasteiger partial charge in [0.15, 0.2) is 0 Å². The fourth-order valence-electron chi connectivity index (χ4n) is 7.93. The molecule has 49 heavy (non-hydrogen) atoms. The molecule has 3 aromatic heterocycles. The van der Waals surface area contributed by atoms with Crippen LogP contribution in [0.2, 0.25) is 0 Å². The standard InChI is InChI=1S/C35H43N9O5/c1-48-33(47)42-35-11-8-34(9-12-35,10-13-35)41-28-19-29(30-7-6-26-18-23(20-36)21-38-44(26)30)37-22-27(28)31(45)39-24-2-4-25(5-3-24)40-32(46)43-14-16-49-17-15-43/h6-7,18-19,21-22,24-25H,2-5,8-17H2,1H3,(H,37,41)(H,39,45)(H,40,46)(H,42,47). The number of methoxy groups -OCH3 is 1. The summed E-state index contributed by atoms with van der Waals surface area (Å²) in [7, 11) is 1.39. The third kappa shape index (κ3) is 6.85. The Balaban J connectivity index is 1.08. The molecule has 14 nitrogen and oxygen atoms in total. The SMILES string of the molecule is COC(=O)NC12CCC(Nc3cc(-c4ccc5cc(C#N)cnn45)ncc3C(=O)NC3CCC(NC(=O)N4CCOCC4)CC3)(CC1)CC2. The van der Waals surface area contributed by atoms with Crippen molar-refractivity contribution in [3.8, 4) is 17.5 Å². The lowest BCUT2D eigenvalue weighted by Gasteiger charge is -2.54. The van der Waals surface area contributed by atoms with Crippen LogP contribution in [0.25, 0.3) is 16.9 Å². The second kappa shape index (κ2) is 13.5. The number of hydrogen-bond donors (Lipinski definition) is 4. The second-order valence-corrected chi connectivity index (χ2v) is 13.9. The van der Waals surface area contributed by atoms with Crippen molar-refractivity contribution in [2.75, 3.05) is 38.7 Å². The van der Waals surface area contributed by atoms with E-state index in [2.05, 4.69) is 32.4 Å². The molecule has 0 unspecified atom stereocenters. The Morgan fingerprint density at radius 1 is 0.939 bits per heavy atom. The van der Waals surface area contributed by atoms with Gasteiger partial charge in [-0.2, -0.15) is 10.4 Å². The highest BCUT2D eigenvalue weighted by Crippen LogP contribution is 2.49. The number of alkyl carbamates (subject to hydrolysis) is 1. The van der Waals surface area contributed by atoms with Crippen molar-refractivity contribution in [3.63, 3.8) is 0 Å². The molecule has 2 bridgehead atoms. The van der Waals surface area contributed by atoms with Crippen LogP contribution in [0.15, 0.2) is 36.7 Å². The summed E-state index contributed by atoms with van der Waals surface area (Å²) in [6.07, 6.45) is 10.8. The minimum absolute atomic E-state index is 0.0165. The first-order valence-electron chi connectivity index (χ1n) is 17.2. The van der Waals surface area contributed by atoms with Crippen LogP contribution >= 0.6 is 0 Å². The quantitative estimate of drug-likeness (QED) is 0.290. The van der Waals surface area contributed by atoms with Crippen molar-refractivity contribution in [1.82, 2.24) is 35.4 Å². The van der Waals surface area contributed by atoms with Crippen LogP contribution in [-0.4, -0.2) is 94.1 Å². The minimum atomic E-state index is -0.400. The maximum atomic E-state index is 13.9. The lowest BCUT2D eigenvalue weighted by Crippen LogP contribution is -2.61. The Labute approximate surface area is 284 Å². The van der Waals surface area contributed by atoms with Gasteiger partial charge in [-0.1, -0.05) is 0 Å². The number of pyridine rings is 1. The van der Waals surface area contributed by atoms with E-state index in [1.807, 2.05) is 18.2 Å². The Bertz CT molecular complexity index is 1750. The Morgan fingerprint density at radius 3 is 2.29 bits per heavy atom. The van der Waals surface area contributed by atoms with E-state index in [4.69, 9.17) is 14.5 Å². The zero-order chi connectivity index (χ0) is 34.0. The average molecular weight is 670 g/mol. The monoisotopic (exact) mass is 669 g/mol. The Kier molecular flexibility index (Phi) is 9.02. The average Bonchev–Trinajstić information content (AvgIpc) is 3.57. The van der Waals surface area contributed by atoms with Gasteiger partial charge in [-0.25, -0.2) is 14.1 Å².